The number of nitrogens with zero attached hydrogens (tertiary/aromatic N) is 2. The molecule has 7 heteroatoms. The maximum Gasteiger partial charge on any atom is 0.260 e. The standard InChI is InChI=1S/C16H21BrFN3O2/c17-12-1-2-15(14(18)9-12)23-11-16(22)21-6-3-13(10-21)20-7-4-19-5-8-20/h1-2,9,13,19H,3-8,10-11H2. The van der Waals surface area contributed by atoms with Gasteiger partial charge < -0.3 is 15.0 Å². The van der Waals surface area contributed by atoms with Crippen molar-refractivity contribution in [2.24, 2.45) is 0 Å². The van der Waals surface area contributed by atoms with Crippen molar-refractivity contribution < 1.29 is 13.9 Å². The van der Waals surface area contributed by atoms with Gasteiger partial charge in [-0.15, -0.1) is 0 Å². The van der Waals surface area contributed by atoms with Gasteiger partial charge in [-0.1, -0.05) is 15.9 Å². The third-order valence-corrected chi connectivity index (χ3v) is 4.92. The van der Waals surface area contributed by atoms with Gasteiger partial charge in [0, 0.05) is 49.8 Å². The molecule has 2 aliphatic heterocycles. The molecule has 2 heterocycles. The van der Waals surface area contributed by atoms with Crippen molar-refractivity contribution in [1.29, 1.82) is 0 Å². The summed E-state index contributed by atoms with van der Waals surface area (Å²) in [5, 5.41) is 3.34. The van der Waals surface area contributed by atoms with E-state index in [4.69, 9.17) is 4.74 Å². The maximum absolute atomic E-state index is 13.7. The first-order valence-electron chi connectivity index (χ1n) is 7.94. The van der Waals surface area contributed by atoms with Gasteiger partial charge >= 0.3 is 0 Å². The highest BCUT2D eigenvalue weighted by atomic mass is 79.9. The molecule has 0 bridgehead atoms. The second-order valence-corrected chi connectivity index (χ2v) is 6.85. The third-order valence-electron chi connectivity index (χ3n) is 4.43. The second-order valence-electron chi connectivity index (χ2n) is 5.93. The van der Waals surface area contributed by atoms with Gasteiger partial charge in [0.05, 0.1) is 0 Å². The maximum atomic E-state index is 13.7. The molecule has 1 unspecified atom stereocenters. The molecular formula is C16H21BrFN3O2. The lowest BCUT2D eigenvalue weighted by molar-refractivity contribution is -0.132. The summed E-state index contributed by atoms with van der Waals surface area (Å²) in [7, 11) is 0. The zero-order valence-electron chi connectivity index (χ0n) is 12.9. The summed E-state index contributed by atoms with van der Waals surface area (Å²) in [6.07, 6.45) is 0.998. The number of ether oxygens (including phenoxy) is 1. The SMILES string of the molecule is O=C(COc1ccc(Br)cc1F)N1CCC(N2CCNCC2)C1. The number of hydrogen-bond acceptors (Lipinski definition) is 4. The summed E-state index contributed by atoms with van der Waals surface area (Å²) in [6.45, 7) is 5.46. The lowest BCUT2D eigenvalue weighted by atomic mass is 10.2. The molecule has 1 atom stereocenters. The summed E-state index contributed by atoms with van der Waals surface area (Å²) in [5.41, 5.74) is 0. The van der Waals surface area contributed by atoms with E-state index in [0.717, 1.165) is 45.7 Å². The number of carbonyl (C=O) groups is 1. The number of carbonyl (C=O) groups excluding carboxylic acids is 1. The van der Waals surface area contributed by atoms with Crippen LogP contribution in [0.15, 0.2) is 22.7 Å². The quantitative estimate of drug-likeness (QED) is 0.852. The molecule has 1 aromatic rings. The van der Waals surface area contributed by atoms with Crippen LogP contribution in [0.1, 0.15) is 6.42 Å². The average Bonchev–Trinajstić information content (AvgIpc) is 3.05. The number of nitrogens with one attached hydrogen (secondary N) is 1. The number of halogens is 2. The van der Waals surface area contributed by atoms with E-state index in [1.807, 2.05) is 4.90 Å². The van der Waals surface area contributed by atoms with Gasteiger partial charge in [-0.05, 0) is 24.6 Å². The highest BCUT2D eigenvalue weighted by molar-refractivity contribution is 9.10. The molecule has 5 nitrogen and oxygen atoms in total. The van der Waals surface area contributed by atoms with Crippen LogP contribution in [-0.2, 0) is 4.79 Å². The van der Waals surface area contributed by atoms with Crippen LogP contribution < -0.4 is 10.1 Å². The minimum absolute atomic E-state index is 0.0787. The predicted molar refractivity (Wildman–Crippen MR) is 89.0 cm³/mol. The Bertz CT molecular complexity index is 566. The largest absolute Gasteiger partial charge is 0.481 e. The fourth-order valence-electron chi connectivity index (χ4n) is 3.14. The van der Waals surface area contributed by atoms with Gasteiger partial charge in [0.2, 0.25) is 0 Å². The number of benzene rings is 1. The second kappa shape index (κ2) is 7.59. The first kappa shape index (κ1) is 16.7. The zero-order valence-corrected chi connectivity index (χ0v) is 14.5. The summed E-state index contributed by atoms with van der Waals surface area (Å²) >= 11 is 3.19. The molecule has 0 radical (unpaired) electrons. The van der Waals surface area contributed by atoms with Crippen LogP contribution in [-0.4, -0.2) is 67.6 Å². The molecule has 2 fully saturated rings. The van der Waals surface area contributed by atoms with E-state index in [0.29, 0.717) is 10.5 Å². The van der Waals surface area contributed by atoms with Crippen LogP contribution in [0.5, 0.6) is 5.75 Å². The van der Waals surface area contributed by atoms with Crippen molar-refractivity contribution in [3.63, 3.8) is 0 Å². The fraction of sp³-hybridized carbons (Fsp3) is 0.562. The smallest absolute Gasteiger partial charge is 0.260 e. The highest BCUT2D eigenvalue weighted by Crippen LogP contribution is 2.22. The normalized spacial score (nSPS) is 22.3. The third kappa shape index (κ3) is 4.22. The summed E-state index contributed by atoms with van der Waals surface area (Å²) in [6, 6.07) is 4.99. The van der Waals surface area contributed by atoms with Gasteiger partial charge in [-0.2, -0.15) is 0 Å². The van der Waals surface area contributed by atoms with Crippen molar-refractivity contribution in [3.05, 3.63) is 28.5 Å². The average molecular weight is 386 g/mol. The number of likely N-dealkylation sites (tertiary alicyclic amines) is 1. The van der Waals surface area contributed by atoms with Gasteiger partial charge in [-0.3, -0.25) is 9.69 Å². The van der Waals surface area contributed by atoms with Crippen LogP contribution in [0.2, 0.25) is 0 Å². The van der Waals surface area contributed by atoms with Crippen molar-refractivity contribution in [1.82, 2.24) is 15.1 Å². The predicted octanol–water partition coefficient (Wildman–Crippen LogP) is 1.47. The van der Waals surface area contributed by atoms with E-state index in [9.17, 15) is 9.18 Å². The lowest BCUT2D eigenvalue weighted by Crippen LogP contribution is -2.49. The van der Waals surface area contributed by atoms with Crippen LogP contribution in [0.4, 0.5) is 4.39 Å². The topological polar surface area (TPSA) is 44.8 Å². The lowest BCUT2D eigenvalue weighted by Gasteiger charge is -2.32. The molecule has 2 aliphatic rings. The summed E-state index contributed by atoms with van der Waals surface area (Å²) in [4.78, 5) is 16.5. The number of hydrogen-bond donors (Lipinski definition) is 1. The molecule has 126 valence electrons. The van der Waals surface area contributed by atoms with Crippen molar-refractivity contribution in [2.75, 3.05) is 45.9 Å². The molecule has 0 aliphatic carbocycles. The van der Waals surface area contributed by atoms with Crippen LogP contribution >= 0.6 is 15.9 Å². The number of amides is 1. The van der Waals surface area contributed by atoms with Gasteiger partial charge in [0.15, 0.2) is 18.2 Å². The molecule has 23 heavy (non-hydrogen) atoms. The minimum atomic E-state index is -0.465. The van der Waals surface area contributed by atoms with E-state index in [1.54, 1.807) is 6.07 Å². The Labute approximate surface area is 143 Å². The zero-order chi connectivity index (χ0) is 16.2. The van der Waals surface area contributed by atoms with Crippen molar-refractivity contribution >= 4 is 21.8 Å². The highest BCUT2D eigenvalue weighted by Gasteiger charge is 2.31. The molecule has 0 spiro atoms. The van der Waals surface area contributed by atoms with Crippen molar-refractivity contribution in [2.45, 2.75) is 12.5 Å². The Hall–Kier alpha value is -1.18. The van der Waals surface area contributed by atoms with E-state index >= 15 is 0 Å². The molecule has 0 saturated carbocycles. The van der Waals surface area contributed by atoms with E-state index < -0.39 is 5.82 Å². The van der Waals surface area contributed by atoms with E-state index in [2.05, 4.69) is 26.1 Å². The Balaban J connectivity index is 1.49. The molecule has 1 aromatic carbocycles. The number of rotatable bonds is 4. The first-order chi connectivity index (χ1) is 11.1. The summed E-state index contributed by atoms with van der Waals surface area (Å²) < 4.78 is 19.7. The fourth-order valence-corrected chi connectivity index (χ4v) is 3.47. The molecule has 0 aromatic heterocycles. The Morgan fingerprint density at radius 3 is 2.87 bits per heavy atom. The Kier molecular flexibility index (Phi) is 5.50. The van der Waals surface area contributed by atoms with Crippen molar-refractivity contribution in [3.8, 4) is 5.75 Å². The Morgan fingerprint density at radius 2 is 2.13 bits per heavy atom. The number of piperazine rings is 1. The molecule has 1 N–H and O–H groups in total. The molecule has 1 amide bonds. The monoisotopic (exact) mass is 385 g/mol. The van der Waals surface area contributed by atoms with Crippen LogP contribution in [0.25, 0.3) is 0 Å². The molecular weight excluding hydrogens is 365 g/mol. The van der Waals surface area contributed by atoms with E-state index in [-0.39, 0.29) is 18.3 Å². The molecule has 3 rings (SSSR count). The first-order valence-corrected chi connectivity index (χ1v) is 8.73. The van der Waals surface area contributed by atoms with Crippen LogP contribution in [0.3, 0.4) is 0 Å². The van der Waals surface area contributed by atoms with Gasteiger partial charge in [0.1, 0.15) is 0 Å². The van der Waals surface area contributed by atoms with E-state index in [1.165, 1.54) is 12.1 Å². The summed E-state index contributed by atoms with van der Waals surface area (Å²) in [5.74, 6) is -0.434. The minimum Gasteiger partial charge on any atom is -0.481 e. The van der Waals surface area contributed by atoms with Gasteiger partial charge in [-0.25, -0.2) is 4.39 Å². The van der Waals surface area contributed by atoms with Crippen LogP contribution in [0, 0.1) is 5.82 Å². The molecule has 2 saturated heterocycles. The Morgan fingerprint density at radius 1 is 1.35 bits per heavy atom. The van der Waals surface area contributed by atoms with Gasteiger partial charge in [0.25, 0.3) is 5.91 Å².